The van der Waals surface area contributed by atoms with E-state index in [0.29, 0.717) is 17.0 Å². The lowest BCUT2D eigenvalue weighted by Crippen LogP contribution is -2.45. The van der Waals surface area contributed by atoms with Crippen molar-refractivity contribution in [3.63, 3.8) is 0 Å². The second kappa shape index (κ2) is 6.52. The number of amides is 1. The molecule has 7 nitrogen and oxygen atoms in total. The van der Waals surface area contributed by atoms with E-state index in [1.54, 1.807) is 6.07 Å². The molecule has 1 amide bonds. The van der Waals surface area contributed by atoms with Gasteiger partial charge in [0.25, 0.3) is 5.91 Å². The number of benzene rings is 1. The Balaban J connectivity index is 1.39. The maximum absolute atomic E-state index is 12.5. The SMILES string of the molecule is O=C(N[C@H]1C[C@H](n2ccc(CO)n2)C1)c1nocc1-c1ccccc1. The molecule has 0 aliphatic heterocycles. The van der Waals surface area contributed by atoms with E-state index in [-0.39, 0.29) is 24.6 Å². The smallest absolute Gasteiger partial charge is 0.274 e. The first-order valence-corrected chi connectivity index (χ1v) is 8.20. The fraction of sp³-hybridized carbons (Fsp3) is 0.278. The molecule has 25 heavy (non-hydrogen) atoms. The van der Waals surface area contributed by atoms with E-state index in [1.807, 2.05) is 41.2 Å². The van der Waals surface area contributed by atoms with Gasteiger partial charge < -0.3 is 14.9 Å². The van der Waals surface area contributed by atoms with Crippen molar-refractivity contribution in [1.29, 1.82) is 0 Å². The molecule has 0 atom stereocenters. The second-order valence-corrected chi connectivity index (χ2v) is 6.18. The highest BCUT2D eigenvalue weighted by Gasteiger charge is 2.33. The first-order chi connectivity index (χ1) is 12.2. The van der Waals surface area contributed by atoms with Crippen molar-refractivity contribution in [1.82, 2.24) is 20.3 Å². The third-order valence-electron chi connectivity index (χ3n) is 4.52. The molecule has 1 saturated carbocycles. The van der Waals surface area contributed by atoms with Crippen molar-refractivity contribution >= 4 is 5.91 Å². The van der Waals surface area contributed by atoms with E-state index in [9.17, 15) is 4.79 Å². The second-order valence-electron chi connectivity index (χ2n) is 6.18. The summed E-state index contributed by atoms with van der Waals surface area (Å²) in [5.74, 6) is -0.229. The Kier molecular flexibility index (Phi) is 4.07. The van der Waals surface area contributed by atoms with Crippen LogP contribution >= 0.6 is 0 Å². The molecule has 0 radical (unpaired) electrons. The standard InChI is InChI=1S/C18H18N4O3/c23-10-13-6-7-22(20-13)15-8-14(9-15)19-18(24)17-16(11-25-21-17)12-4-2-1-3-5-12/h1-7,11,14-15,23H,8-10H2,(H,19,24)/t14-,15-. The molecule has 128 valence electrons. The molecule has 2 N–H and O–H groups in total. The number of carbonyl (C=O) groups excluding carboxylic acids is 1. The summed E-state index contributed by atoms with van der Waals surface area (Å²) in [5.41, 5.74) is 2.54. The zero-order valence-electron chi connectivity index (χ0n) is 13.5. The van der Waals surface area contributed by atoms with Crippen LogP contribution in [0.25, 0.3) is 11.1 Å². The van der Waals surface area contributed by atoms with Crippen LogP contribution in [0.3, 0.4) is 0 Å². The number of aliphatic hydroxyl groups excluding tert-OH is 1. The molecular formula is C18H18N4O3. The highest BCUT2D eigenvalue weighted by atomic mass is 16.5. The van der Waals surface area contributed by atoms with Crippen molar-refractivity contribution in [2.24, 2.45) is 0 Å². The summed E-state index contributed by atoms with van der Waals surface area (Å²) in [7, 11) is 0. The normalized spacial score (nSPS) is 19.4. The van der Waals surface area contributed by atoms with Crippen molar-refractivity contribution < 1.29 is 14.4 Å². The minimum atomic E-state index is -0.229. The van der Waals surface area contributed by atoms with Crippen molar-refractivity contribution in [2.75, 3.05) is 0 Å². The largest absolute Gasteiger partial charge is 0.390 e. The Labute approximate surface area is 144 Å². The lowest BCUT2D eigenvalue weighted by Gasteiger charge is -2.35. The average Bonchev–Trinajstić information content (AvgIpc) is 3.27. The number of hydrogen-bond acceptors (Lipinski definition) is 5. The summed E-state index contributed by atoms with van der Waals surface area (Å²) in [6.45, 7) is -0.0612. The molecule has 3 aromatic rings. The van der Waals surface area contributed by atoms with Crippen molar-refractivity contribution in [2.45, 2.75) is 31.5 Å². The zero-order chi connectivity index (χ0) is 17.2. The van der Waals surface area contributed by atoms with E-state index in [0.717, 1.165) is 18.4 Å². The van der Waals surface area contributed by atoms with Crippen LogP contribution in [0.15, 0.2) is 53.4 Å². The Hall–Kier alpha value is -2.93. The first kappa shape index (κ1) is 15.6. The maximum atomic E-state index is 12.5. The van der Waals surface area contributed by atoms with Gasteiger partial charge in [-0.1, -0.05) is 35.5 Å². The van der Waals surface area contributed by atoms with Gasteiger partial charge in [-0.2, -0.15) is 5.10 Å². The minimum Gasteiger partial charge on any atom is -0.390 e. The number of aliphatic hydroxyl groups is 1. The van der Waals surface area contributed by atoms with Gasteiger partial charge in [0.2, 0.25) is 0 Å². The summed E-state index contributed by atoms with van der Waals surface area (Å²) >= 11 is 0. The van der Waals surface area contributed by atoms with Crippen molar-refractivity contribution in [3.05, 3.63) is 60.2 Å². The van der Waals surface area contributed by atoms with Crippen LogP contribution in [-0.4, -0.2) is 32.0 Å². The van der Waals surface area contributed by atoms with Gasteiger partial charge in [0.1, 0.15) is 6.26 Å². The van der Waals surface area contributed by atoms with Gasteiger partial charge >= 0.3 is 0 Å². The van der Waals surface area contributed by atoms with E-state index < -0.39 is 0 Å². The van der Waals surface area contributed by atoms with E-state index >= 15 is 0 Å². The summed E-state index contributed by atoms with van der Waals surface area (Å²) in [4.78, 5) is 12.5. The molecule has 2 aromatic heterocycles. The molecule has 1 aliphatic carbocycles. The van der Waals surface area contributed by atoms with Crippen LogP contribution in [0.5, 0.6) is 0 Å². The Bertz CT molecular complexity index is 865. The number of rotatable bonds is 5. The number of hydrogen-bond donors (Lipinski definition) is 2. The van der Waals surface area contributed by atoms with Gasteiger partial charge in [0.05, 0.1) is 23.9 Å². The van der Waals surface area contributed by atoms with E-state index in [1.165, 1.54) is 6.26 Å². The molecule has 1 aromatic carbocycles. The average molecular weight is 338 g/mol. The van der Waals surface area contributed by atoms with Gasteiger partial charge in [-0.05, 0) is 24.5 Å². The van der Waals surface area contributed by atoms with E-state index in [4.69, 9.17) is 9.63 Å². The summed E-state index contributed by atoms with van der Waals surface area (Å²) in [6.07, 6.45) is 4.96. The highest BCUT2D eigenvalue weighted by molar-refractivity contribution is 5.98. The molecule has 0 spiro atoms. The quantitative estimate of drug-likeness (QED) is 0.744. The summed E-state index contributed by atoms with van der Waals surface area (Å²) < 4.78 is 6.86. The van der Waals surface area contributed by atoms with Gasteiger partial charge in [0.15, 0.2) is 5.69 Å². The van der Waals surface area contributed by atoms with Crippen molar-refractivity contribution in [3.8, 4) is 11.1 Å². The van der Waals surface area contributed by atoms with Crippen LogP contribution in [0.4, 0.5) is 0 Å². The van der Waals surface area contributed by atoms with Crippen LogP contribution in [0, 0.1) is 0 Å². The fourth-order valence-corrected chi connectivity index (χ4v) is 3.06. The highest BCUT2D eigenvalue weighted by Crippen LogP contribution is 2.32. The number of carbonyl (C=O) groups is 1. The van der Waals surface area contributed by atoms with Gasteiger partial charge in [-0.3, -0.25) is 9.48 Å². The molecule has 0 unspecified atom stereocenters. The van der Waals surface area contributed by atoms with Crippen LogP contribution < -0.4 is 5.32 Å². The molecule has 2 heterocycles. The molecule has 0 saturated heterocycles. The van der Waals surface area contributed by atoms with E-state index in [2.05, 4.69) is 15.6 Å². The summed E-state index contributed by atoms with van der Waals surface area (Å²) in [6, 6.07) is 11.7. The molecule has 7 heteroatoms. The van der Waals surface area contributed by atoms with Gasteiger partial charge in [-0.25, -0.2) is 0 Å². The number of nitrogens with zero attached hydrogens (tertiary/aromatic N) is 3. The topological polar surface area (TPSA) is 93.2 Å². The molecule has 1 fully saturated rings. The van der Waals surface area contributed by atoms with Gasteiger partial charge in [0, 0.05) is 12.2 Å². The lowest BCUT2D eigenvalue weighted by atomic mass is 9.86. The lowest BCUT2D eigenvalue weighted by molar-refractivity contribution is 0.0879. The molecular weight excluding hydrogens is 320 g/mol. The number of aromatic nitrogens is 3. The predicted molar refractivity (Wildman–Crippen MR) is 89.6 cm³/mol. The first-order valence-electron chi connectivity index (χ1n) is 8.20. The maximum Gasteiger partial charge on any atom is 0.274 e. The zero-order valence-corrected chi connectivity index (χ0v) is 13.5. The fourth-order valence-electron chi connectivity index (χ4n) is 3.06. The third-order valence-corrected chi connectivity index (χ3v) is 4.52. The van der Waals surface area contributed by atoms with Crippen LogP contribution in [-0.2, 0) is 6.61 Å². The summed E-state index contributed by atoms with van der Waals surface area (Å²) in [5, 5.41) is 20.2. The number of nitrogens with one attached hydrogen (secondary N) is 1. The monoisotopic (exact) mass is 338 g/mol. The minimum absolute atomic E-state index is 0.0612. The Morgan fingerprint density at radius 2 is 2.08 bits per heavy atom. The predicted octanol–water partition coefficient (Wildman–Crippen LogP) is 2.16. The Morgan fingerprint density at radius 1 is 1.28 bits per heavy atom. The third kappa shape index (κ3) is 3.06. The molecule has 0 bridgehead atoms. The van der Waals surface area contributed by atoms with Gasteiger partial charge in [-0.15, -0.1) is 0 Å². The Morgan fingerprint density at radius 3 is 2.80 bits per heavy atom. The van der Waals surface area contributed by atoms with Crippen LogP contribution in [0.1, 0.15) is 35.1 Å². The molecule has 1 aliphatic rings. The van der Waals surface area contributed by atoms with Crippen LogP contribution in [0.2, 0.25) is 0 Å². The molecule has 4 rings (SSSR count).